The normalized spacial score (nSPS) is 14.2. The number of benzene rings is 1. The maximum Gasteiger partial charge on any atom is 0.276 e. The number of nitrogens with zero attached hydrogens (tertiary/aromatic N) is 2. The first kappa shape index (κ1) is 15.5. The molecule has 0 aliphatic carbocycles. The standard InChI is InChI=1S/C14H18BrN3OS/c1-3-9(2)12(16)13-17-18-14(19-13)20-8-10-4-6-11(15)7-5-10/h4-7,9,12H,3,8,16H2,1-2H3/t9?,12-/m1/s1. The number of hydrogen-bond donors (Lipinski definition) is 1. The lowest BCUT2D eigenvalue weighted by atomic mass is 10.0. The average molecular weight is 356 g/mol. The van der Waals surface area contributed by atoms with Crippen LogP contribution in [-0.4, -0.2) is 10.2 Å². The Bertz CT molecular complexity index is 544. The lowest BCUT2D eigenvalue weighted by Crippen LogP contribution is -2.18. The van der Waals surface area contributed by atoms with E-state index in [0.29, 0.717) is 17.0 Å². The fourth-order valence-electron chi connectivity index (χ4n) is 1.64. The molecule has 4 nitrogen and oxygen atoms in total. The van der Waals surface area contributed by atoms with Crippen molar-refractivity contribution in [3.8, 4) is 0 Å². The summed E-state index contributed by atoms with van der Waals surface area (Å²) in [4.78, 5) is 0. The van der Waals surface area contributed by atoms with Gasteiger partial charge in [0.1, 0.15) is 0 Å². The largest absolute Gasteiger partial charge is 0.414 e. The van der Waals surface area contributed by atoms with E-state index in [9.17, 15) is 0 Å². The van der Waals surface area contributed by atoms with Gasteiger partial charge in [-0.15, -0.1) is 10.2 Å². The summed E-state index contributed by atoms with van der Waals surface area (Å²) in [6, 6.07) is 8.00. The predicted octanol–water partition coefficient (Wildman–Crippen LogP) is 4.17. The average Bonchev–Trinajstić information content (AvgIpc) is 2.94. The van der Waals surface area contributed by atoms with Gasteiger partial charge in [-0.25, -0.2) is 0 Å². The molecule has 0 saturated heterocycles. The summed E-state index contributed by atoms with van der Waals surface area (Å²) in [6.45, 7) is 4.19. The first-order valence-electron chi connectivity index (χ1n) is 6.56. The van der Waals surface area contributed by atoms with Crippen LogP contribution in [0.1, 0.15) is 37.8 Å². The molecule has 0 spiro atoms. The SMILES string of the molecule is CCC(C)[C@@H](N)c1nnc(SCc2ccc(Br)cc2)o1. The Labute approximate surface area is 131 Å². The van der Waals surface area contributed by atoms with Gasteiger partial charge < -0.3 is 10.2 Å². The van der Waals surface area contributed by atoms with Crippen LogP contribution >= 0.6 is 27.7 Å². The molecule has 108 valence electrons. The van der Waals surface area contributed by atoms with E-state index in [4.69, 9.17) is 10.2 Å². The second-order valence-corrected chi connectivity index (χ2v) is 6.57. The molecular weight excluding hydrogens is 338 g/mol. The third kappa shape index (κ3) is 4.07. The Morgan fingerprint density at radius 3 is 2.65 bits per heavy atom. The summed E-state index contributed by atoms with van der Waals surface area (Å²) >= 11 is 4.95. The number of aromatic nitrogens is 2. The van der Waals surface area contributed by atoms with Crippen molar-refractivity contribution in [2.45, 2.75) is 37.3 Å². The second kappa shape index (κ2) is 7.24. The number of rotatable bonds is 6. The molecule has 0 aliphatic heterocycles. The fraction of sp³-hybridized carbons (Fsp3) is 0.429. The lowest BCUT2D eigenvalue weighted by Gasteiger charge is -2.13. The van der Waals surface area contributed by atoms with Gasteiger partial charge in [0.05, 0.1) is 6.04 Å². The van der Waals surface area contributed by atoms with Gasteiger partial charge in [0.2, 0.25) is 5.89 Å². The van der Waals surface area contributed by atoms with Gasteiger partial charge in [-0.2, -0.15) is 0 Å². The molecule has 1 aromatic heterocycles. The van der Waals surface area contributed by atoms with Crippen molar-refractivity contribution >= 4 is 27.7 Å². The summed E-state index contributed by atoms with van der Waals surface area (Å²) in [5.74, 6) is 1.66. The maximum atomic E-state index is 6.08. The molecule has 0 radical (unpaired) electrons. The molecule has 2 rings (SSSR count). The van der Waals surface area contributed by atoms with Crippen LogP contribution in [0, 0.1) is 5.92 Å². The summed E-state index contributed by atoms with van der Waals surface area (Å²) in [7, 11) is 0. The zero-order valence-electron chi connectivity index (χ0n) is 11.5. The van der Waals surface area contributed by atoms with Crippen LogP contribution in [0.3, 0.4) is 0 Å². The Hall–Kier alpha value is -0.850. The van der Waals surface area contributed by atoms with Crippen LogP contribution < -0.4 is 5.73 Å². The highest BCUT2D eigenvalue weighted by atomic mass is 79.9. The number of thioether (sulfide) groups is 1. The molecule has 0 bridgehead atoms. The Morgan fingerprint density at radius 2 is 2.00 bits per heavy atom. The fourth-order valence-corrected chi connectivity index (χ4v) is 2.63. The van der Waals surface area contributed by atoms with E-state index >= 15 is 0 Å². The van der Waals surface area contributed by atoms with E-state index in [1.807, 2.05) is 12.1 Å². The van der Waals surface area contributed by atoms with Crippen LogP contribution in [0.5, 0.6) is 0 Å². The summed E-state index contributed by atoms with van der Waals surface area (Å²) in [5.41, 5.74) is 7.29. The first-order valence-corrected chi connectivity index (χ1v) is 8.34. The summed E-state index contributed by atoms with van der Waals surface area (Å²) in [6.07, 6.45) is 0.991. The van der Waals surface area contributed by atoms with Gasteiger partial charge in [-0.05, 0) is 23.6 Å². The molecule has 0 aliphatic rings. The van der Waals surface area contributed by atoms with E-state index in [1.165, 1.54) is 17.3 Å². The van der Waals surface area contributed by atoms with Crippen LogP contribution in [0.2, 0.25) is 0 Å². The van der Waals surface area contributed by atoms with E-state index in [2.05, 4.69) is 52.1 Å². The van der Waals surface area contributed by atoms with Gasteiger partial charge in [-0.1, -0.05) is 60.1 Å². The van der Waals surface area contributed by atoms with Gasteiger partial charge in [0.25, 0.3) is 5.22 Å². The van der Waals surface area contributed by atoms with Crippen molar-refractivity contribution in [2.24, 2.45) is 11.7 Å². The van der Waals surface area contributed by atoms with Crippen molar-refractivity contribution < 1.29 is 4.42 Å². The lowest BCUT2D eigenvalue weighted by molar-refractivity contribution is 0.333. The topological polar surface area (TPSA) is 64.9 Å². The molecule has 1 aromatic carbocycles. The Kier molecular flexibility index (Phi) is 5.63. The number of halogens is 1. The molecule has 1 unspecified atom stereocenters. The third-order valence-corrected chi connectivity index (χ3v) is 4.66. The van der Waals surface area contributed by atoms with Crippen molar-refractivity contribution in [3.05, 3.63) is 40.2 Å². The quantitative estimate of drug-likeness (QED) is 0.787. The Balaban J connectivity index is 1.94. The highest BCUT2D eigenvalue weighted by Gasteiger charge is 2.19. The predicted molar refractivity (Wildman–Crippen MR) is 84.4 cm³/mol. The summed E-state index contributed by atoms with van der Waals surface area (Å²) < 4.78 is 6.70. The molecule has 20 heavy (non-hydrogen) atoms. The molecule has 0 fully saturated rings. The summed E-state index contributed by atoms with van der Waals surface area (Å²) in [5, 5.41) is 8.66. The van der Waals surface area contributed by atoms with E-state index in [-0.39, 0.29) is 6.04 Å². The van der Waals surface area contributed by atoms with Crippen molar-refractivity contribution in [3.63, 3.8) is 0 Å². The van der Waals surface area contributed by atoms with Gasteiger partial charge >= 0.3 is 0 Å². The van der Waals surface area contributed by atoms with Crippen LogP contribution in [0.4, 0.5) is 0 Å². The molecule has 2 atom stereocenters. The third-order valence-electron chi connectivity index (χ3n) is 3.24. The number of hydrogen-bond acceptors (Lipinski definition) is 5. The Morgan fingerprint density at radius 1 is 1.30 bits per heavy atom. The molecule has 2 N–H and O–H groups in total. The van der Waals surface area contributed by atoms with Crippen LogP contribution in [0.15, 0.2) is 38.4 Å². The minimum Gasteiger partial charge on any atom is -0.414 e. The highest BCUT2D eigenvalue weighted by molar-refractivity contribution is 9.10. The minimum atomic E-state index is -0.186. The highest BCUT2D eigenvalue weighted by Crippen LogP contribution is 2.26. The minimum absolute atomic E-state index is 0.186. The van der Waals surface area contributed by atoms with E-state index in [1.54, 1.807) is 0 Å². The zero-order valence-corrected chi connectivity index (χ0v) is 13.9. The van der Waals surface area contributed by atoms with Crippen molar-refractivity contribution in [2.75, 3.05) is 0 Å². The monoisotopic (exact) mass is 355 g/mol. The molecule has 6 heteroatoms. The first-order chi connectivity index (χ1) is 9.60. The molecule has 0 amide bonds. The van der Waals surface area contributed by atoms with E-state index < -0.39 is 0 Å². The van der Waals surface area contributed by atoms with Crippen molar-refractivity contribution in [1.29, 1.82) is 0 Å². The van der Waals surface area contributed by atoms with Crippen LogP contribution in [0.25, 0.3) is 0 Å². The molecular formula is C14H18BrN3OS. The van der Waals surface area contributed by atoms with Gasteiger partial charge in [-0.3, -0.25) is 0 Å². The number of nitrogens with two attached hydrogens (primary N) is 1. The molecule has 1 heterocycles. The van der Waals surface area contributed by atoms with Crippen molar-refractivity contribution in [1.82, 2.24) is 10.2 Å². The maximum absolute atomic E-state index is 6.08. The zero-order chi connectivity index (χ0) is 14.5. The molecule has 0 saturated carbocycles. The molecule has 2 aromatic rings. The van der Waals surface area contributed by atoms with Gasteiger partial charge in [0, 0.05) is 10.2 Å². The van der Waals surface area contributed by atoms with Gasteiger partial charge in [0.15, 0.2) is 0 Å². The van der Waals surface area contributed by atoms with Crippen LogP contribution in [-0.2, 0) is 5.75 Å². The smallest absolute Gasteiger partial charge is 0.276 e. The van der Waals surface area contributed by atoms with E-state index in [0.717, 1.165) is 16.6 Å². The second-order valence-electron chi connectivity index (χ2n) is 4.73.